The fourth-order valence-electron chi connectivity index (χ4n) is 9.04. The summed E-state index contributed by atoms with van der Waals surface area (Å²) in [4.78, 5) is 2.46. The Hall–Kier alpha value is -7.14. The van der Waals surface area contributed by atoms with Crippen molar-refractivity contribution in [1.29, 1.82) is 0 Å². The third kappa shape index (κ3) is 4.57. The van der Waals surface area contributed by atoms with Crippen LogP contribution in [0.4, 0.5) is 17.1 Å². The molecular weight excluding hydrogens is 699 g/mol. The van der Waals surface area contributed by atoms with Crippen molar-refractivity contribution in [2.24, 2.45) is 0 Å². The Bertz CT molecular complexity index is 3480. The first kappa shape index (κ1) is 31.2. The van der Waals surface area contributed by atoms with Crippen LogP contribution in [-0.4, -0.2) is 9.13 Å². The number of thiophene rings is 1. The second-order valence-electron chi connectivity index (χ2n) is 14.5. The Kier molecular flexibility index (Phi) is 6.80. The second kappa shape index (κ2) is 12.2. The Labute approximate surface area is 327 Å². The van der Waals surface area contributed by atoms with Crippen molar-refractivity contribution in [2.45, 2.75) is 0 Å². The summed E-state index contributed by atoms with van der Waals surface area (Å²) in [7, 11) is 0. The monoisotopic (exact) mass is 731 g/mol. The lowest BCUT2D eigenvalue weighted by Gasteiger charge is -2.26. The van der Waals surface area contributed by atoms with Gasteiger partial charge in [0.15, 0.2) is 0 Å². The van der Waals surface area contributed by atoms with Crippen molar-refractivity contribution in [2.75, 3.05) is 4.90 Å². The molecule has 0 aliphatic carbocycles. The van der Waals surface area contributed by atoms with E-state index in [0.717, 1.165) is 22.7 Å². The Morgan fingerprint density at radius 1 is 0.357 bits per heavy atom. The third-order valence-corrected chi connectivity index (χ3v) is 12.7. The summed E-state index contributed by atoms with van der Waals surface area (Å²) in [6, 6.07) is 73.2. The van der Waals surface area contributed by atoms with Crippen LogP contribution < -0.4 is 4.90 Å². The van der Waals surface area contributed by atoms with Gasteiger partial charge in [0.05, 0.1) is 32.5 Å². The molecule has 0 saturated heterocycles. The van der Waals surface area contributed by atoms with E-state index in [1.165, 1.54) is 80.2 Å². The number of aromatic nitrogens is 2. The zero-order valence-corrected chi connectivity index (χ0v) is 31.1. The van der Waals surface area contributed by atoms with Crippen LogP contribution >= 0.6 is 11.3 Å². The maximum absolute atomic E-state index is 2.46. The summed E-state index contributed by atoms with van der Waals surface area (Å²) in [6.45, 7) is 0. The normalized spacial score (nSPS) is 11.9. The Balaban J connectivity index is 1.10. The third-order valence-electron chi connectivity index (χ3n) is 11.5. The highest BCUT2D eigenvalue weighted by atomic mass is 32.1. The van der Waals surface area contributed by atoms with Crippen LogP contribution in [0.3, 0.4) is 0 Å². The molecule has 0 amide bonds. The minimum absolute atomic E-state index is 1.11. The molecule has 0 bridgehead atoms. The van der Waals surface area contributed by atoms with Crippen molar-refractivity contribution in [3.05, 3.63) is 200 Å². The molecule has 3 aromatic heterocycles. The maximum Gasteiger partial charge on any atom is 0.0640 e. The van der Waals surface area contributed by atoms with Gasteiger partial charge in [0.1, 0.15) is 0 Å². The van der Waals surface area contributed by atoms with Crippen molar-refractivity contribution < 1.29 is 0 Å². The van der Waals surface area contributed by atoms with Gasteiger partial charge in [0.2, 0.25) is 0 Å². The lowest BCUT2D eigenvalue weighted by molar-refractivity contribution is 1.18. The van der Waals surface area contributed by atoms with Gasteiger partial charge in [-0.2, -0.15) is 0 Å². The highest BCUT2D eigenvalue weighted by Gasteiger charge is 2.21. The van der Waals surface area contributed by atoms with Gasteiger partial charge >= 0.3 is 0 Å². The van der Waals surface area contributed by atoms with Gasteiger partial charge in [0, 0.05) is 65.2 Å². The van der Waals surface area contributed by atoms with E-state index >= 15 is 0 Å². The van der Waals surface area contributed by atoms with Crippen molar-refractivity contribution in [3.8, 4) is 11.4 Å². The molecule has 9 aromatic carbocycles. The largest absolute Gasteiger partial charge is 0.309 e. The zero-order valence-electron chi connectivity index (χ0n) is 30.3. The second-order valence-corrected chi connectivity index (χ2v) is 15.6. The lowest BCUT2D eigenvalue weighted by Crippen LogP contribution is -2.10. The first-order chi connectivity index (χ1) is 27.8. The number of rotatable bonds is 5. The minimum atomic E-state index is 1.11. The van der Waals surface area contributed by atoms with Crippen LogP contribution in [0.25, 0.3) is 85.9 Å². The van der Waals surface area contributed by atoms with Crippen LogP contribution in [0.15, 0.2) is 200 Å². The topological polar surface area (TPSA) is 13.1 Å². The number of para-hydroxylation sites is 3. The molecule has 3 heterocycles. The lowest BCUT2D eigenvalue weighted by atomic mass is 10.1. The van der Waals surface area contributed by atoms with Gasteiger partial charge < -0.3 is 14.0 Å². The smallest absolute Gasteiger partial charge is 0.0640 e. The molecule has 0 radical (unpaired) electrons. The molecule has 56 heavy (non-hydrogen) atoms. The Morgan fingerprint density at radius 2 is 0.964 bits per heavy atom. The zero-order chi connectivity index (χ0) is 36.7. The van der Waals surface area contributed by atoms with E-state index in [9.17, 15) is 0 Å². The molecule has 0 aliphatic rings. The molecule has 0 saturated carbocycles. The molecule has 0 fully saturated rings. The fourth-order valence-corrected chi connectivity index (χ4v) is 10.2. The van der Waals surface area contributed by atoms with Gasteiger partial charge in [-0.3, -0.25) is 0 Å². The molecule has 12 rings (SSSR count). The summed E-state index contributed by atoms with van der Waals surface area (Å²) in [5, 5.41) is 10.1. The predicted octanol–water partition coefficient (Wildman–Crippen LogP) is 14.9. The number of anilines is 3. The molecule has 0 aliphatic heterocycles. The standard InChI is InChI=1S/C52H33N3S/c1-2-14-35(15-3-1)54-46-21-9-7-18-41(46)45-33-38(30-32-48(45)54)53(49-23-12-20-44-42-19-8-11-24-50(42)56-52(44)49)36-26-28-37(29-27-36)55-47-22-10-6-17-40(47)43-31-25-34-13-4-5-16-39(34)51(43)55/h1-33H. The number of nitrogens with zero attached hydrogens (tertiary/aromatic N) is 3. The summed E-state index contributed by atoms with van der Waals surface area (Å²) >= 11 is 1.87. The van der Waals surface area contributed by atoms with E-state index < -0.39 is 0 Å². The van der Waals surface area contributed by atoms with Gasteiger partial charge in [-0.25, -0.2) is 0 Å². The van der Waals surface area contributed by atoms with Crippen LogP contribution in [0.2, 0.25) is 0 Å². The summed E-state index contributed by atoms with van der Waals surface area (Å²) < 4.78 is 7.40. The molecule has 12 aromatic rings. The van der Waals surface area contributed by atoms with E-state index in [2.05, 4.69) is 214 Å². The number of fused-ring (bicyclic) bond motifs is 11. The average Bonchev–Trinajstić information content (AvgIpc) is 3.93. The Morgan fingerprint density at radius 3 is 1.79 bits per heavy atom. The van der Waals surface area contributed by atoms with Crippen LogP contribution in [0.1, 0.15) is 0 Å². The van der Waals surface area contributed by atoms with E-state index in [1.807, 2.05) is 11.3 Å². The summed E-state index contributed by atoms with van der Waals surface area (Å²) in [5.74, 6) is 0. The molecule has 0 spiro atoms. The number of benzene rings is 9. The summed E-state index contributed by atoms with van der Waals surface area (Å²) in [6.07, 6.45) is 0. The molecule has 3 nitrogen and oxygen atoms in total. The fraction of sp³-hybridized carbons (Fsp3) is 0. The quantitative estimate of drug-likeness (QED) is 0.172. The van der Waals surface area contributed by atoms with E-state index in [4.69, 9.17) is 0 Å². The molecule has 262 valence electrons. The predicted molar refractivity (Wildman–Crippen MR) is 240 cm³/mol. The minimum Gasteiger partial charge on any atom is -0.309 e. The van der Waals surface area contributed by atoms with Gasteiger partial charge in [-0.1, -0.05) is 121 Å². The van der Waals surface area contributed by atoms with Crippen LogP contribution in [0, 0.1) is 0 Å². The molecule has 4 heteroatoms. The van der Waals surface area contributed by atoms with E-state index in [-0.39, 0.29) is 0 Å². The average molecular weight is 732 g/mol. The summed E-state index contributed by atoms with van der Waals surface area (Å²) in [5.41, 5.74) is 10.5. The molecule has 0 atom stereocenters. The highest BCUT2D eigenvalue weighted by molar-refractivity contribution is 7.26. The van der Waals surface area contributed by atoms with E-state index in [1.54, 1.807) is 0 Å². The highest BCUT2D eigenvalue weighted by Crippen LogP contribution is 2.46. The first-order valence-electron chi connectivity index (χ1n) is 19.1. The number of hydrogen-bond acceptors (Lipinski definition) is 2. The molecule has 0 unspecified atom stereocenters. The van der Waals surface area contributed by atoms with E-state index in [0.29, 0.717) is 0 Å². The number of hydrogen-bond donors (Lipinski definition) is 0. The first-order valence-corrected chi connectivity index (χ1v) is 19.9. The van der Waals surface area contributed by atoms with Gasteiger partial charge in [0.25, 0.3) is 0 Å². The van der Waals surface area contributed by atoms with Crippen molar-refractivity contribution >= 4 is 103 Å². The molecule has 0 N–H and O–H groups in total. The van der Waals surface area contributed by atoms with Gasteiger partial charge in [-0.15, -0.1) is 11.3 Å². The SMILES string of the molecule is c1ccc(-n2c3ccccc3c3cc(N(c4ccc(-n5c6ccccc6c6ccc7ccccc7c65)cc4)c4cccc5c4sc4ccccc45)ccc32)cc1. The van der Waals surface area contributed by atoms with Crippen molar-refractivity contribution in [3.63, 3.8) is 0 Å². The maximum atomic E-state index is 2.46. The van der Waals surface area contributed by atoms with Crippen LogP contribution in [-0.2, 0) is 0 Å². The molecular formula is C52H33N3S. The van der Waals surface area contributed by atoms with Gasteiger partial charge in [-0.05, 0) is 84.2 Å². The van der Waals surface area contributed by atoms with Crippen LogP contribution in [0.5, 0.6) is 0 Å². The van der Waals surface area contributed by atoms with Crippen molar-refractivity contribution in [1.82, 2.24) is 9.13 Å².